The zero-order chi connectivity index (χ0) is 21.9. The van der Waals surface area contributed by atoms with Crippen LogP contribution in [0.1, 0.15) is 4.88 Å². The van der Waals surface area contributed by atoms with Gasteiger partial charge in [-0.2, -0.15) is 0 Å². The Labute approximate surface area is 182 Å². The average Bonchev–Trinajstić information content (AvgIpc) is 3.04. The SMILES string of the molecule is CS(=O)(=O)Nc1cccc(NS(=O)(=O)c2ccc(O)c(NCc3cnc(Cl)s3)c2)c1. The molecule has 2 aromatic carbocycles. The third-order valence-corrected chi connectivity index (χ3v) is 6.78. The van der Waals surface area contributed by atoms with E-state index in [1.807, 2.05) is 0 Å². The second kappa shape index (κ2) is 8.68. The Morgan fingerprint density at radius 1 is 1.07 bits per heavy atom. The lowest BCUT2D eigenvalue weighted by atomic mass is 10.3. The minimum atomic E-state index is -4.00. The number of sulfonamides is 2. The number of phenolic OH excluding ortho intramolecular Hbond substituents is 1. The van der Waals surface area contributed by atoms with Gasteiger partial charge in [0.2, 0.25) is 10.0 Å². The van der Waals surface area contributed by atoms with E-state index in [9.17, 15) is 21.9 Å². The van der Waals surface area contributed by atoms with Gasteiger partial charge in [-0.1, -0.05) is 17.7 Å². The number of benzene rings is 2. The van der Waals surface area contributed by atoms with Gasteiger partial charge in [-0.15, -0.1) is 11.3 Å². The Morgan fingerprint density at radius 3 is 2.40 bits per heavy atom. The molecule has 0 atom stereocenters. The van der Waals surface area contributed by atoms with Crippen molar-refractivity contribution in [2.45, 2.75) is 11.4 Å². The zero-order valence-electron chi connectivity index (χ0n) is 15.5. The molecule has 0 radical (unpaired) electrons. The van der Waals surface area contributed by atoms with Gasteiger partial charge in [-0.05, 0) is 36.4 Å². The molecule has 3 rings (SSSR count). The van der Waals surface area contributed by atoms with Crippen LogP contribution in [0.25, 0.3) is 0 Å². The Kier molecular flexibility index (Phi) is 6.41. The van der Waals surface area contributed by atoms with Gasteiger partial charge in [-0.3, -0.25) is 9.44 Å². The van der Waals surface area contributed by atoms with Crippen molar-refractivity contribution in [2.75, 3.05) is 21.0 Å². The summed E-state index contributed by atoms with van der Waals surface area (Å²) < 4.78 is 53.3. The third kappa shape index (κ3) is 5.98. The van der Waals surface area contributed by atoms with E-state index in [1.54, 1.807) is 6.20 Å². The van der Waals surface area contributed by atoms with Gasteiger partial charge in [0.15, 0.2) is 4.47 Å². The Hall–Kier alpha value is -2.54. The van der Waals surface area contributed by atoms with Crippen molar-refractivity contribution in [2.24, 2.45) is 0 Å². The van der Waals surface area contributed by atoms with E-state index in [4.69, 9.17) is 11.6 Å². The van der Waals surface area contributed by atoms with Crippen LogP contribution in [0.5, 0.6) is 5.75 Å². The summed E-state index contributed by atoms with van der Waals surface area (Å²) in [5, 5.41) is 13.0. The molecule has 0 aliphatic heterocycles. The Balaban J connectivity index is 1.80. The van der Waals surface area contributed by atoms with Gasteiger partial charge in [0, 0.05) is 11.1 Å². The van der Waals surface area contributed by atoms with Crippen LogP contribution >= 0.6 is 22.9 Å². The van der Waals surface area contributed by atoms with Crippen molar-refractivity contribution < 1.29 is 21.9 Å². The highest BCUT2D eigenvalue weighted by atomic mass is 35.5. The van der Waals surface area contributed by atoms with Gasteiger partial charge in [0.25, 0.3) is 10.0 Å². The summed E-state index contributed by atoms with van der Waals surface area (Å²) in [6.45, 7) is 0.300. The normalized spacial score (nSPS) is 11.8. The highest BCUT2D eigenvalue weighted by molar-refractivity contribution is 7.92. The average molecular weight is 489 g/mol. The molecule has 0 bridgehead atoms. The van der Waals surface area contributed by atoms with Crippen LogP contribution in [0, 0.1) is 0 Å². The molecule has 3 aromatic rings. The van der Waals surface area contributed by atoms with Gasteiger partial charge < -0.3 is 10.4 Å². The second-order valence-corrected chi connectivity index (χ2v) is 11.3. The van der Waals surface area contributed by atoms with Crippen LogP contribution in [0.2, 0.25) is 4.47 Å². The minimum absolute atomic E-state index is 0.0911. The van der Waals surface area contributed by atoms with E-state index in [-0.39, 0.29) is 27.7 Å². The van der Waals surface area contributed by atoms with Gasteiger partial charge in [0.05, 0.1) is 34.8 Å². The van der Waals surface area contributed by atoms with Crippen molar-refractivity contribution in [3.63, 3.8) is 0 Å². The molecule has 0 saturated carbocycles. The molecule has 9 nitrogen and oxygen atoms in total. The van der Waals surface area contributed by atoms with Crippen LogP contribution < -0.4 is 14.8 Å². The first-order valence-corrected chi connectivity index (χ1v) is 12.9. The zero-order valence-corrected chi connectivity index (χ0v) is 18.7. The summed E-state index contributed by atoms with van der Waals surface area (Å²) in [7, 11) is -7.50. The molecule has 1 aromatic heterocycles. The van der Waals surface area contributed by atoms with Gasteiger partial charge in [-0.25, -0.2) is 21.8 Å². The lowest BCUT2D eigenvalue weighted by molar-refractivity contribution is 0.476. The summed E-state index contributed by atoms with van der Waals surface area (Å²) in [6, 6.07) is 9.65. The highest BCUT2D eigenvalue weighted by Crippen LogP contribution is 2.29. The summed E-state index contributed by atoms with van der Waals surface area (Å²) >= 11 is 7.05. The molecule has 0 fully saturated rings. The highest BCUT2D eigenvalue weighted by Gasteiger charge is 2.17. The van der Waals surface area contributed by atoms with Crippen molar-refractivity contribution >= 4 is 60.0 Å². The molecule has 1 heterocycles. The molecule has 0 amide bonds. The van der Waals surface area contributed by atoms with E-state index in [0.29, 0.717) is 11.0 Å². The van der Waals surface area contributed by atoms with E-state index in [0.717, 1.165) is 11.1 Å². The number of nitrogens with zero attached hydrogens (tertiary/aromatic N) is 1. The number of aromatic hydroxyl groups is 1. The maximum atomic E-state index is 12.8. The maximum Gasteiger partial charge on any atom is 0.261 e. The van der Waals surface area contributed by atoms with Gasteiger partial charge in [0.1, 0.15) is 5.75 Å². The third-order valence-electron chi connectivity index (χ3n) is 3.67. The maximum absolute atomic E-state index is 12.8. The monoisotopic (exact) mass is 488 g/mol. The number of hydrogen-bond donors (Lipinski definition) is 4. The molecule has 0 aliphatic rings. The number of halogens is 1. The van der Waals surface area contributed by atoms with Crippen molar-refractivity contribution in [3.8, 4) is 5.75 Å². The second-order valence-electron chi connectivity index (χ2n) is 6.17. The number of thiazole rings is 1. The number of phenols is 1. The largest absolute Gasteiger partial charge is 0.506 e. The van der Waals surface area contributed by atoms with E-state index < -0.39 is 20.0 Å². The Morgan fingerprint density at radius 2 is 1.77 bits per heavy atom. The fourth-order valence-electron chi connectivity index (χ4n) is 2.45. The lowest BCUT2D eigenvalue weighted by Crippen LogP contribution is -2.14. The van der Waals surface area contributed by atoms with E-state index in [1.165, 1.54) is 53.8 Å². The molecule has 0 saturated heterocycles. The lowest BCUT2D eigenvalue weighted by Gasteiger charge is -2.12. The number of nitrogens with one attached hydrogen (secondary N) is 3. The first-order chi connectivity index (χ1) is 14.0. The van der Waals surface area contributed by atoms with Crippen LogP contribution in [0.4, 0.5) is 17.1 Å². The van der Waals surface area contributed by atoms with Crippen LogP contribution in [-0.2, 0) is 26.6 Å². The molecule has 0 aliphatic carbocycles. The first kappa shape index (κ1) is 22.2. The topological polar surface area (TPSA) is 137 Å². The molecule has 0 unspecified atom stereocenters. The van der Waals surface area contributed by atoms with Crippen molar-refractivity contribution in [1.82, 2.24) is 4.98 Å². The summed E-state index contributed by atoms with van der Waals surface area (Å²) in [6.07, 6.45) is 2.58. The fraction of sp³-hybridized carbons (Fsp3) is 0.118. The first-order valence-electron chi connectivity index (χ1n) is 8.30. The van der Waals surface area contributed by atoms with Crippen LogP contribution in [0.3, 0.4) is 0 Å². The molecule has 160 valence electrons. The summed E-state index contributed by atoms with van der Waals surface area (Å²) in [4.78, 5) is 4.63. The van der Waals surface area contributed by atoms with E-state index in [2.05, 4.69) is 19.7 Å². The Bertz CT molecular complexity index is 1280. The molecule has 13 heteroatoms. The molecule has 0 spiro atoms. The molecule has 4 N–H and O–H groups in total. The smallest absolute Gasteiger partial charge is 0.261 e. The van der Waals surface area contributed by atoms with Crippen molar-refractivity contribution in [1.29, 1.82) is 0 Å². The fourth-order valence-corrected chi connectivity index (χ4v) is 4.99. The quantitative estimate of drug-likeness (QED) is 0.357. The molecular formula is C17H17ClN4O5S3. The number of rotatable bonds is 8. The van der Waals surface area contributed by atoms with E-state index >= 15 is 0 Å². The van der Waals surface area contributed by atoms with Crippen molar-refractivity contribution in [3.05, 3.63) is 58.0 Å². The predicted molar refractivity (Wildman–Crippen MR) is 118 cm³/mol. The minimum Gasteiger partial charge on any atom is -0.506 e. The number of aromatic nitrogens is 1. The summed E-state index contributed by atoms with van der Waals surface area (Å²) in [5.41, 5.74) is 0.606. The summed E-state index contributed by atoms with van der Waals surface area (Å²) in [5.74, 6) is -0.121. The number of hydrogen-bond acceptors (Lipinski definition) is 8. The van der Waals surface area contributed by atoms with Crippen LogP contribution in [-0.4, -0.2) is 33.2 Å². The molecular weight excluding hydrogens is 472 g/mol. The van der Waals surface area contributed by atoms with Gasteiger partial charge >= 0.3 is 0 Å². The van der Waals surface area contributed by atoms with Crippen LogP contribution in [0.15, 0.2) is 53.6 Å². The predicted octanol–water partition coefficient (Wildman–Crippen LogP) is 3.29. The molecule has 30 heavy (non-hydrogen) atoms. The number of anilines is 3. The standard InChI is InChI=1S/C17H17ClN4O5S3/c1-29(24,25)21-11-3-2-4-12(7-11)22-30(26,27)14-5-6-16(23)15(8-14)19-9-13-10-20-17(18)28-13/h2-8,10,19,21-23H,9H2,1H3.